The van der Waals surface area contributed by atoms with E-state index in [9.17, 15) is 0 Å². The van der Waals surface area contributed by atoms with E-state index < -0.39 is 16.9 Å². The van der Waals surface area contributed by atoms with Crippen LogP contribution in [0.25, 0.3) is 0 Å². The van der Waals surface area contributed by atoms with Crippen LogP contribution >= 0.6 is 0 Å². The Morgan fingerprint density at radius 1 is 0.688 bits per heavy atom. The van der Waals surface area contributed by atoms with E-state index in [1.807, 2.05) is 7.11 Å². The zero-order valence-electron chi connectivity index (χ0n) is 11.8. The fourth-order valence-corrected chi connectivity index (χ4v) is 9.01. The molecule has 0 aliphatic heterocycles. The molecule has 0 spiro atoms. The molecule has 98 valence electrons. The molecule has 0 amide bonds. The van der Waals surface area contributed by atoms with E-state index in [2.05, 4.69) is 20.8 Å². The Morgan fingerprint density at radius 3 is 1.44 bits per heavy atom. The minimum absolute atomic E-state index is 1.02. The molecule has 0 unspecified atom stereocenters. The zero-order chi connectivity index (χ0) is 12.7. The highest BCUT2D eigenvalue weighted by Gasteiger charge is 2.38. The van der Waals surface area contributed by atoms with E-state index in [0.29, 0.717) is 0 Å². The molecule has 0 atom stereocenters. The third-order valence-corrected chi connectivity index (χ3v) is 12.6. The van der Waals surface area contributed by atoms with Crippen molar-refractivity contribution in [2.45, 2.75) is 51.0 Å². The Bertz CT molecular complexity index is 144. The highest BCUT2D eigenvalue weighted by atomic mass is 28.4. The molecule has 0 heterocycles. The fraction of sp³-hybridized carbons (Fsp3) is 1.00. The lowest BCUT2D eigenvalue weighted by molar-refractivity contribution is 0.243. The molecule has 0 aliphatic carbocycles. The SMILES string of the molecule is CC[Si](CC)(CC[Si](CC)(OC)OC)OC. The molecule has 16 heavy (non-hydrogen) atoms. The van der Waals surface area contributed by atoms with E-state index in [4.69, 9.17) is 13.3 Å². The normalized spacial score (nSPS) is 13.1. The fourth-order valence-electron chi connectivity index (χ4n) is 2.17. The van der Waals surface area contributed by atoms with Crippen LogP contribution in [0, 0.1) is 0 Å². The lowest BCUT2D eigenvalue weighted by Crippen LogP contribution is -2.43. The molecular formula is C11H28O3Si2. The first kappa shape index (κ1) is 16.3. The molecule has 0 aromatic heterocycles. The van der Waals surface area contributed by atoms with Crippen molar-refractivity contribution in [3.05, 3.63) is 0 Å². The van der Waals surface area contributed by atoms with Crippen molar-refractivity contribution in [3.63, 3.8) is 0 Å². The van der Waals surface area contributed by atoms with Crippen molar-refractivity contribution in [1.82, 2.24) is 0 Å². The van der Waals surface area contributed by atoms with Gasteiger partial charge in [-0.2, -0.15) is 0 Å². The van der Waals surface area contributed by atoms with Gasteiger partial charge in [-0.3, -0.25) is 0 Å². The molecule has 0 saturated carbocycles. The van der Waals surface area contributed by atoms with Crippen molar-refractivity contribution in [3.8, 4) is 0 Å². The second-order valence-corrected chi connectivity index (χ2v) is 12.8. The molecule has 0 aromatic carbocycles. The summed E-state index contributed by atoms with van der Waals surface area (Å²) in [5.74, 6) is 0. The van der Waals surface area contributed by atoms with Gasteiger partial charge in [0.05, 0.1) is 0 Å². The first-order valence-electron chi connectivity index (χ1n) is 6.23. The third-order valence-electron chi connectivity index (χ3n) is 3.97. The molecule has 0 rings (SSSR count). The highest BCUT2D eigenvalue weighted by Crippen LogP contribution is 2.29. The summed E-state index contributed by atoms with van der Waals surface area (Å²) in [6.45, 7) is 6.65. The lowest BCUT2D eigenvalue weighted by atomic mass is 10.9. The van der Waals surface area contributed by atoms with Crippen molar-refractivity contribution in [2.75, 3.05) is 21.3 Å². The van der Waals surface area contributed by atoms with Crippen LogP contribution in [0.3, 0.4) is 0 Å². The van der Waals surface area contributed by atoms with Crippen LogP contribution in [0.2, 0.25) is 30.2 Å². The first-order valence-corrected chi connectivity index (χ1v) is 11.0. The van der Waals surface area contributed by atoms with E-state index in [-0.39, 0.29) is 0 Å². The van der Waals surface area contributed by atoms with Crippen LogP contribution < -0.4 is 0 Å². The molecule has 0 aliphatic rings. The summed E-state index contributed by atoms with van der Waals surface area (Å²) in [5.41, 5.74) is 0. The summed E-state index contributed by atoms with van der Waals surface area (Å²) < 4.78 is 17.1. The second-order valence-electron chi connectivity index (χ2n) is 4.27. The van der Waals surface area contributed by atoms with Gasteiger partial charge < -0.3 is 13.3 Å². The van der Waals surface area contributed by atoms with Crippen molar-refractivity contribution in [1.29, 1.82) is 0 Å². The summed E-state index contributed by atoms with van der Waals surface area (Å²) in [4.78, 5) is 0. The van der Waals surface area contributed by atoms with Gasteiger partial charge in [0.25, 0.3) is 0 Å². The van der Waals surface area contributed by atoms with Gasteiger partial charge in [0.1, 0.15) is 0 Å². The average Bonchev–Trinajstić information content (AvgIpc) is 2.37. The Balaban J connectivity index is 4.48. The molecule has 0 N–H and O–H groups in total. The summed E-state index contributed by atoms with van der Waals surface area (Å²) in [7, 11) is 2.02. The van der Waals surface area contributed by atoms with Gasteiger partial charge in [-0.25, -0.2) is 0 Å². The summed E-state index contributed by atoms with van der Waals surface area (Å²) >= 11 is 0. The van der Waals surface area contributed by atoms with E-state index >= 15 is 0 Å². The minimum Gasteiger partial charge on any atom is -0.420 e. The quantitative estimate of drug-likeness (QED) is 0.598. The molecule has 0 saturated heterocycles. The van der Waals surface area contributed by atoms with Crippen LogP contribution in [-0.4, -0.2) is 38.2 Å². The molecule has 0 radical (unpaired) electrons. The third kappa shape index (κ3) is 3.96. The van der Waals surface area contributed by atoms with Gasteiger partial charge in [-0.1, -0.05) is 20.8 Å². The zero-order valence-corrected chi connectivity index (χ0v) is 13.8. The molecule has 0 aromatic rings. The second kappa shape index (κ2) is 7.60. The predicted molar refractivity (Wildman–Crippen MR) is 73.6 cm³/mol. The number of rotatable bonds is 9. The predicted octanol–water partition coefficient (Wildman–Crippen LogP) is 3.37. The number of hydrogen-bond acceptors (Lipinski definition) is 3. The van der Waals surface area contributed by atoms with Crippen LogP contribution in [0.5, 0.6) is 0 Å². The molecule has 3 nitrogen and oxygen atoms in total. The summed E-state index contributed by atoms with van der Waals surface area (Å²) in [5, 5.41) is 0. The van der Waals surface area contributed by atoms with E-state index in [0.717, 1.165) is 18.1 Å². The van der Waals surface area contributed by atoms with E-state index in [1.165, 1.54) is 12.1 Å². The maximum Gasteiger partial charge on any atom is 0.337 e. The Hall–Kier alpha value is 0.314. The summed E-state index contributed by atoms with van der Waals surface area (Å²) in [6.07, 6.45) is 0. The topological polar surface area (TPSA) is 27.7 Å². The van der Waals surface area contributed by atoms with Crippen LogP contribution in [0.1, 0.15) is 20.8 Å². The first-order chi connectivity index (χ1) is 7.57. The molecular weight excluding hydrogens is 236 g/mol. The number of hydrogen-bond donors (Lipinski definition) is 0. The van der Waals surface area contributed by atoms with Crippen molar-refractivity contribution < 1.29 is 13.3 Å². The molecule has 5 heteroatoms. The Kier molecular flexibility index (Phi) is 7.75. The average molecular weight is 265 g/mol. The van der Waals surface area contributed by atoms with Gasteiger partial charge in [-0.05, 0) is 30.2 Å². The lowest BCUT2D eigenvalue weighted by Gasteiger charge is -2.32. The van der Waals surface area contributed by atoms with Crippen LogP contribution in [-0.2, 0) is 13.3 Å². The van der Waals surface area contributed by atoms with E-state index in [1.54, 1.807) is 14.2 Å². The van der Waals surface area contributed by atoms with Gasteiger partial charge in [0, 0.05) is 21.3 Å². The maximum atomic E-state index is 5.82. The largest absolute Gasteiger partial charge is 0.420 e. The molecule has 0 bridgehead atoms. The van der Waals surface area contributed by atoms with Crippen molar-refractivity contribution in [2.24, 2.45) is 0 Å². The molecule has 0 fully saturated rings. The van der Waals surface area contributed by atoms with Gasteiger partial charge in [0.2, 0.25) is 0 Å². The Morgan fingerprint density at radius 2 is 1.19 bits per heavy atom. The minimum atomic E-state index is -1.92. The smallest absolute Gasteiger partial charge is 0.337 e. The van der Waals surface area contributed by atoms with Crippen LogP contribution in [0.15, 0.2) is 0 Å². The summed E-state index contributed by atoms with van der Waals surface area (Å²) in [6, 6.07) is 5.61. The Labute approximate surface area is 103 Å². The van der Waals surface area contributed by atoms with Crippen molar-refractivity contribution >= 4 is 16.9 Å². The standard InChI is InChI=1S/C11H28O3Si2/c1-7-15(8-2,12-4)10-11-16(9-3,13-5)14-6/h7-11H2,1-6H3. The monoisotopic (exact) mass is 264 g/mol. The highest BCUT2D eigenvalue weighted by molar-refractivity contribution is 6.76. The maximum absolute atomic E-state index is 5.82. The van der Waals surface area contributed by atoms with Crippen LogP contribution in [0.4, 0.5) is 0 Å². The van der Waals surface area contributed by atoms with Gasteiger partial charge in [0.15, 0.2) is 8.32 Å². The van der Waals surface area contributed by atoms with Gasteiger partial charge >= 0.3 is 8.56 Å². The van der Waals surface area contributed by atoms with Gasteiger partial charge in [-0.15, -0.1) is 0 Å².